The van der Waals surface area contributed by atoms with E-state index in [1.54, 1.807) is 24.3 Å². The van der Waals surface area contributed by atoms with Crippen LogP contribution in [0.3, 0.4) is 0 Å². The predicted molar refractivity (Wildman–Crippen MR) is 218 cm³/mol. The van der Waals surface area contributed by atoms with E-state index in [4.69, 9.17) is 4.74 Å². The van der Waals surface area contributed by atoms with Gasteiger partial charge in [-0.05, 0) is 74.4 Å². The van der Waals surface area contributed by atoms with E-state index in [2.05, 4.69) is 20.5 Å². The van der Waals surface area contributed by atoms with Crippen molar-refractivity contribution in [3.8, 4) is 5.75 Å². The van der Waals surface area contributed by atoms with E-state index in [9.17, 15) is 29.4 Å². The number of carbonyl (C=O) groups excluding carboxylic acids is 3. The van der Waals surface area contributed by atoms with Gasteiger partial charge in [-0.25, -0.2) is 4.98 Å². The maximum Gasteiger partial charge on any atom is 0.306 e. The number of likely N-dealkylation sites (N-methyl/N-ethyl adjacent to an activating group) is 1. The molecule has 13 heteroatoms. The maximum atomic E-state index is 14.8. The molecule has 3 aromatic rings. The summed E-state index contributed by atoms with van der Waals surface area (Å²) in [5, 5.41) is 29.4. The highest BCUT2D eigenvalue weighted by atomic mass is 32.1. The molecule has 1 aromatic heterocycles. The fraction of sp³-hybridized carbons (Fsp3) is 0.558. The van der Waals surface area contributed by atoms with Crippen LogP contribution in [0.2, 0.25) is 0 Å². The second-order valence-corrected chi connectivity index (χ2v) is 16.5. The standard InChI is InChI=1S/C43H61N5O7S/c1-8-28(4)38(46-40(51)35-16-12-13-21-47(35)6)42(52)48(25-31-14-10-9-11-15-31)36(27(2)3)24-37(49)41-45-34(26-56-41)39(50)44-32(22-29(5)43(53)54)23-30-17-19-33(55-7)20-18-30/h9-11,14-15,17-20,26-29,32,35-38,49H,8,12-13,16,21-25H2,1-7H3,(H,44,50)(H,46,51)(H,53,54)/t28?,29-,32+,35?,36+,37+,38?/m0/s1. The molecule has 7 atom stereocenters. The Hall–Kier alpha value is -4.33. The minimum absolute atomic E-state index is 0.0762. The van der Waals surface area contributed by atoms with Crippen LogP contribution < -0.4 is 15.4 Å². The number of nitrogens with zero attached hydrogens (tertiary/aromatic N) is 3. The first kappa shape index (κ1) is 44.4. The Labute approximate surface area is 336 Å². The van der Waals surface area contributed by atoms with Crippen LogP contribution in [0.1, 0.15) is 106 Å². The second kappa shape index (κ2) is 21.3. The Morgan fingerprint density at radius 2 is 1.68 bits per heavy atom. The third kappa shape index (κ3) is 12.3. The summed E-state index contributed by atoms with van der Waals surface area (Å²) >= 11 is 1.16. The number of benzene rings is 2. The lowest BCUT2D eigenvalue weighted by molar-refractivity contribution is -0.143. The van der Waals surface area contributed by atoms with Crippen LogP contribution in [0, 0.1) is 17.8 Å². The number of ether oxygens (including phenoxy) is 1. The minimum Gasteiger partial charge on any atom is -0.497 e. The number of nitrogens with one attached hydrogen (secondary N) is 2. The van der Waals surface area contributed by atoms with Crippen molar-refractivity contribution < 1.29 is 34.1 Å². The summed E-state index contributed by atoms with van der Waals surface area (Å²) in [5.41, 5.74) is 1.96. The smallest absolute Gasteiger partial charge is 0.306 e. The van der Waals surface area contributed by atoms with Gasteiger partial charge < -0.3 is 30.5 Å². The number of aliphatic hydroxyl groups excluding tert-OH is 1. The predicted octanol–water partition coefficient (Wildman–Crippen LogP) is 6.10. The third-order valence-electron chi connectivity index (χ3n) is 11.0. The van der Waals surface area contributed by atoms with Crippen molar-refractivity contribution in [3.05, 3.63) is 81.8 Å². The molecule has 1 saturated heterocycles. The van der Waals surface area contributed by atoms with Gasteiger partial charge in [0.15, 0.2) is 0 Å². The molecule has 4 N–H and O–H groups in total. The summed E-state index contributed by atoms with van der Waals surface area (Å²) in [6, 6.07) is 15.1. The number of carboxylic acid groups (broad SMARTS) is 1. The molecule has 0 spiro atoms. The first-order valence-electron chi connectivity index (χ1n) is 19.9. The number of amides is 3. The molecule has 56 heavy (non-hydrogen) atoms. The zero-order valence-electron chi connectivity index (χ0n) is 33.9. The summed E-state index contributed by atoms with van der Waals surface area (Å²) in [6.07, 6.45) is 3.13. The maximum absolute atomic E-state index is 14.8. The van der Waals surface area contributed by atoms with Crippen molar-refractivity contribution in [3.63, 3.8) is 0 Å². The van der Waals surface area contributed by atoms with E-state index in [0.29, 0.717) is 23.6 Å². The fourth-order valence-electron chi connectivity index (χ4n) is 7.32. The molecule has 4 rings (SSSR count). The Morgan fingerprint density at radius 1 is 0.982 bits per heavy atom. The van der Waals surface area contributed by atoms with Crippen molar-refractivity contribution in [2.24, 2.45) is 17.8 Å². The molecule has 0 radical (unpaired) electrons. The summed E-state index contributed by atoms with van der Waals surface area (Å²) in [5.74, 6) is -1.96. The lowest BCUT2D eigenvalue weighted by atomic mass is 9.91. The van der Waals surface area contributed by atoms with Crippen LogP contribution in [0.25, 0.3) is 0 Å². The molecular weight excluding hydrogens is 731 g/mol. The van der Waals surface area contributed by atoms with Crippen molar-refractivity contribution in [1.29, 1.82) is 0 Å². The van der Waals surface area contributed by atoms with Crippen LogP contribution in [0.4, 0.5) is 0 Å². The molecule has 0 bridgehead atoms. The second-order valence-electron chi connectivity index (χ2n) is 15.6. The van der Waals surface area contributed by atoms with Gasteiger partial charge in [-0.1, -0.05) is 89.9 Å². The van der Waals surface area contributed by atoms with E-state index in [1.165, 1.54) is 0 Å². The number of hydrogen-bond acceptors (Lipinski definition) is 9. The van der Waals surface area contributed by atoms with Gasteiger partial charge in [0.25, 0.3) is 5.91 Å². The number of hydrogen-bond donors (Lipinski definition) is 4. The van der Waals surface area contributed by atoms with E-state index in [0.717, 1.165) is 48.3 Å². The molecule has 12 nitrogen and oxygen atoms in total. The van der Waals surface area contributed by atoms with E-state index >= 15 is 0 Å². The molecule has 0 aliphatic carbocycles. The van der Waals surface area contributed by atoms with E-state index in [1.807, 2.05) is 89.3 Å². The highest BCUT2D eigenvalue weighted by molar-refractivity contribution is 7.09. The number of aliphatic hydroxyl groups is 1. The van der Waals surface area contributed by atoms with Crippen LogP contribution in [0.5, 0.6) is 5.75 Å². The molecule has 3 amide bonds. The Balaban J connectivity index is 1.55. The molecule has 1 aliphatic heterocycles. The number of thiazole rings is 1. The molecule has 1 aliphatic rings. The topological polar surface area (TPSA) is 161 Å². The van der Waals surface area contributed by atoms with Crippen molar-refractivity contribution >= 4 is 35.0 Å². The van der Waals surface area contributed by atoms with Gasteiger partial charge in [0, 0.05) is 30.4 Å². The number of carbonyl (C=O) groups is 4. The van der Waals surface area contributed by atoms with Crippen LogP contribution >= 0.6 is 11.3 Å². The Kier molecular flexibility index (Phi) is 16.9. The van der Waals surface area contributed by atoms with Crippen LogP contribution in [0.15, 0.2) is 60.0 Å². The lowest BCUT2D eigenvalue weighted by Gasteiger charge is -2.40. The van der Waals surface area contributed by atoms with Gasteiger partial charge in [0.2, 0.25) is 11.8 Å². The zero-order chi connectivity index (χ0) is 40.9. The van der Waals surface area contributed by atoms with Crippen molar-refractivity contribution in [2.45, 2.75) is 116 Å². The monoisotopic (exact) mass is 791 g/mol. The van der Waals surface area contributed by atoms with Crippen molar-refractivity contribution in [2.75, 3.05) is 20.7 Å². The average molecular weight is 792 g/mol. The number of aromatic nitrogens is 1. The SMILES string of the molecule is CCC(C)C(NC(=O)C1CCCCN1C)C(=O)N(Cc1ccccc1)[C@H](C[C@@H](O)c1nc(C(=O)N[C@@H](Cc2ccc(OC)cc2)C[C@H](C)C(=O)O)cs1)C(C)C. The number of piperidine rings is 1. The van der Waals surface area contributed by atoms with E-state index < -0.39 is 42.0 Å². The number of carboxylic acids is 1. The molecule has 2 aromatic carbocycles. The quantitative estimate of drug-likeness (QED) is 0.106. The van der Waals surface area contributed by atoms with Gasteiger partial charge in [-0.3, -0.25) is 24.1 Å². The highest BCUT2D eigenvalue weighted by Gasteiger charge is 2.38. The molecule has 1 fully saturated rings. The first-order valence-corrected chi connectivity index (χ1v) is 20.7. The number of likely N-dealkylation sites (tertiary alicyclic amines) is 1. The summed E-state index contributed by atoms with van der Waals surface area (Å²) < 4.78 is 5.25. The third-order valence-corrected chi connectivity index (χ3v) is 12.0. The Morgan fingerprint density at radius 3 is 2.29 bits per heavy atom. The molecule has 3 unspecified atom stereocenters. The van der Waals surface area contributed by atoms with Gasteiger partial charge >= 0.3 is 5.97 Å². The summed E-state index contributed by atoms with van der Waals surface area (Å²) in [7, 11) is 3.53. The van der Waals surface area contributed by atoms with Gasteiger partial charge in [-0.2, -0.15) is 0 Å². The molecule has 2 heterocycles. The minimum atomic E-state index is -1.09. The van der Waals surface area contributed by atoms with Gasteiger partial charge in [0.05, 0.1) is 19.1 Å². The largest absolute Gasteiger partial charge is 0.497 e. The number of aliphatic carboxylic acids is 1. The average Bonchev–Trinajstić information content (AvgIpc) is 3.69. The van der Waals surface area contributed by atoms with Crippen LogP contribution in [-0.4, -0.2) is 93.6 Å². The van der Waals surface area contributed by atoms with Crippen molar-refractivity contribution in [1.82, 2.24) is 25.4 Å². The number of rotatable bonds is 20. The first-order chi connectivity index (χ1) is 26.7. The molecule has 0 saturated carbocycles. The normalized spacial score (nSPS) is 17.9. The summed E-state index contributed by atoms with van der Waals surface area (Å²) in [6.45, 7) is 10.8. The molecule has 306 valence electrons. The lowest BCUT2D eigenvalue weighted by Crippen LogP contribution is -2.58. The Bertz CT molecular complexity index is 1720. The number of methoxy groups -OCH3 is 1. The van der Waals surface area contributed by atoms with Gasteiger partial charge in [-0.15, -0.1) is 11.3 Å². The zero-order valence-corrected chi connectivity index (χ0v) is 34.8. The summed E-state index contributed by atoms with van der Waals surface area (Å²) in [4.78, 5) is 62.2. The highest BCUT2D eigenvalue weighted by Crippen LogP contribution is 2.30. The fourth-order valence-corrected chi connectivity index (χ4v) is 8.11. The molecular formula is C43H61N5O7S. The van der Waals surface area contributed by atoms with Gasteiger partial charge in [0.1, 0.15) is 28.6 Å². The van der Waals surface area contributed by atoms with Crippen LogP contribution in [-0.2, 0) is 27.3 Å². The van der Waals surface area contributed by atoms with E-state index in [-0.39, 0.29) is 54.8 Å².